The summed E-state index contributed by atoms with van der Waals surface area (Å²) >= 11 is 1.47. The summed E-state index contributed by atoms with van der Waals surface area (Å²) in [5.74, 6) is 0.0638. The lowest BCUT2D eigenvalue weighted by Gasteiger charge is -2.00. The number of hydrogen-bond donors (Lipinski definition) is 2. The molecule has 6 rings (SSSR count). The van der Waals surface area contributed by atoms with Crippen molar-refractivity contribution < 1.29 is 4.79 Å². The van der Waals surface area contributed by atoms with Crippen LogP contribution in [-0.2, 0) is 0 Å². The van der Waals surface area contributed by atoms with Gasteiger partial charge >= 0.3 is 0 Å². The smallest absolute Gasteiger partial charge is 0.169 e. The lowest BCUT2D eigenvalue weighted by Crippen LogP contribution is -1.87. The van der Waals surface area contributed by atoms with E-state index in [4.69, 9.17) is 4.98 Å². The van der Waals surface area contributed by atoms with Crippen molar-refractivity contribution in [3.8, 4) is 33.2 Å². The fourth-order valence-corrected chi connectivity index (χ4v) is 4.72. The van der Waals surface area contributed by atoms with Crippen LogP contribution in [0.2, 0.25) is 0 Å². The topological polar surface area (TPSA) is 100 Å². The van der Waals surface area contributed by atoms with Gasteiger partial charge in [0.25, 0.3) is 0 Å². The summed E-state index contributed by atoms with van der Waals surface area (Å²) in [6, 6.07) is 15.5. The highest BCUT2D eigenvalue weighted by molar-refractivity contribution is 7.17. The maximum atomic E-state index is 11.7. The van der Waals surface area contributed by atoms with E-state index in [1.54, 1.807) is 19.3 Å². The van der Waals surface area contributed by atoms with E-state index in [0.29, 0.717) is 0 Å². The Balaban J connectivity index is 1.49. The van der Waals surface area contributed by atoms with Crippen LogP contribution in [0.15, 0.2) is 67.1 Å². The number of H-pyrrole nitrogens is 2. The van der Waals surface area contributed by atoms with E-state index in [9.17, 15) is 4.79 Å². The lowest BCUT2D eigenvalue weighted by atomic mass is 10.1. The number of aromatic nitrogens is 6. The Bertz CT molecular complexity index is 1610. The van der Waals surface area contributed by atoms with Crippen molar-refractivity contribution in [3.05, 3.63) is 72.0 Å². The standard InChI is InChI=1S/C24H16N6OS/c1-13(31)21-7-8-22(32-21)15-11-25-12-20-14(15)10-19(27-20)24-23-18(29-30-24)6-5-17(28-23)16-4-2-3-9-26-16/h2-12,27H,1H3,(H,29,30). The SMILES string of the molecule is CC(=O)c1ccc(-c2cncc3[nH]c(-c4n[nH]c5ccc(-c6ccccn6)nc45)cc23)s1. The van der Waals surface area contributed by atoms with Crippen molar-refractivity contribution in [1.29, 1.82) is 0 Å². The predicted molar refractivity (Wildman–Crippen MR) is 126 cm³/mol. The van der Waals surface area contributed by atoms with Gasteiger partial charge in [0.15, 0.2) is 5.78 Å². The minimum absolute atomic E-state index is 0.0638. The molecule has 6 aromatic rings. The highest BCUT2D eigenvalue weighted by Crippen LogP contribution is 2.36. The number of aromatic amines is 2. The molecule has 0 radical (unpaired) electrons. The maximum absolute atomic E-state index is 11.7. The first kappa shape index (κ1) is 18.6. The molecule has 0 spiro atoms. The largest absolute Gasteiger partial charge is 0.352 e. The van der Waals surface area contributed by atoms with E-state index in [1.807, 2.05) is 48.7 Å². The second-order valence-corrected chi connectivity index (χ2v) is 8.52. The number of carbonyl (C=O) groups is 1. The van der Waals surface area contributed by atoms with Gasteiger partial charge in [0.05, 0.1) is 39.2 Å². The zero-order valence-corrected chi connectivity index (χ0v) is 17.8. The van der Waals surface area contributed by atoms with E-state index >= 15 is 0 Å². The zero-order chi connectivity index (χ0) is 21.7. The lowest BCUT2D eigenvalue weighted by molar-refractivity contribution is 0.102. The van der Waals surface area contributed by atoms with Crippen molar-refractivity contribution in [2.75, 3.05) is 0 Å². The fraction of sp³-hybridized carbons (Fsp3) is 0.0417. The Morgan fingerprint density at radius 3 is 2.75 bits per heavy atom. The Kier molecular flexibility index (Phi) is 4.19. The number of thiophene rings is 1. The monoisotopic (exact) mass is 436 g/mol. The molecule has 0 aliphatic heterocycles. The van der Waals surface area contributed by atoms with Crippen molar-refractivity contribution in [3.63, 3.8) is 0 Å². The molecule has 0 unspecified atom stereocenters. The molecule has 0 bridgehead atoms. The molecule has 6 aromatic heterocycles. The predicted octanol–water partition coefficient (Wildman–Crippen LogP) is 5.49. The quantitative estimate of drug-likeness (QED) is 0.356. The van der Waals surface area contributed by atoms with E-state index < -0.39 is 0 Å². The molecule has 6 heterocycles. The average Bonchev–Trinajstić information content (AvgIpc) is 3.56. The van der Waals surface area contributed by atoms with Crippen LogP contribution in [0, 0.1) is 0 Å². The third kappa shape index (κ3) is 3.00. The molecule has 8 heteroatoms. The molecule has 154 valence electrons. The fourth-order valence-electron chi connectivity index (χ4n) is 3.79. The molecule has 0 saturated carbocycles. The summed E-state index contributed by atoms with van der Waals surface area (Å²) < 4.78 is 0. The van der Waals surface area contributed by atoms with Gasteiger partial charge in [-0.15, -0.1) is 11.3 Å². The van der Waals surface area contributed by atoms with Gasteiger partial charge < -0.3 is 4.98 Å². The van der Waals surface area contributed by atoms with Gasteiger partial charge in [0.1, 0.15) is 11.2 Å². The van der Waals surface area contributed by atoms with Gasteiger partial charge in [-0.2, -0.15) is 5.10 Å². The number of hydrogen-bond acceptors (Lipinski definition) is 6. The third-order valence-electron chi connectivity index (χ3n) is 5.35. The highest BCUT2D eigenvalue weighted by atomic mass is 32.1. The molecule has 0 aromatic carbocycles. The summed E-state index contributed by atoms with van der Waals surface area (Å²) in [6.45, 7) is 1.58. The number of nitrogens with one attached hydrogen (secondary N) is 2. The number of Topliss-reactive ketones (excluding diaryl/α,β-unsaturated/α-hetero) is 1. The van der Waals surface area contributed by atoms with Crippen molar-refractivity contribution >= 4 is 39.1 Å². The summed E-state index contributed by atoms with van der Waals surface area (Å²) in [7, 11) is 0. The molecule has 0 saturated heterocycles. The highest BCUT2D eigenvalue weighted by Gasteiger charge is 2.17. The zero-order valence-electron chi connectivity index (χ0n) is 17.0. The molecule has 32 heavy (non-hydrogen) atoms. The van der Waals surface area contributed by atoms with Gasteiger partial charge in [-0.25, -0.2) is 4.98 Å². The van der Waals surface area contributed by atoms with E-state index in [0.717, 1.165) is 60.0 Å². The summed E-state index contributed by atoms with van der Waals surface area (Å²) in [4.78, 5) is 30.5. The van der Waals surface area contributed by atoms with E-state index in [2.05, 4.69) is 31.2 Å². The molecule has 0 fully saturated rings. The first-order valence-corrected chi connectivity index (χ1v) is 10.8. The van der Waals surface area contributed by atoms with Crippen molar-refractivity contribution in [2.45, 2.75) is 6.92 Å². The van der Waals surface area contributed by atoms with E-state index in [-0.39, 0.29) is 5.78 Å². The molecule has 0 aliphatic rings. The first-order valence-electron chi connectivity index (χ1n) is 10.0. The second kappa shape index (κ2) is 7.21. The van der Waals surface area contributed by atoms with Crippen LogP contribution in [-0.4, -0.2) is 35.9 Å². The Hall–Kier alpha value is -4.17. The van der Waals surface area contributed by atoms with Crippen LogP contribution in [0.5, 0.6) is 0 Å². The average molecular weight is 437 g/mol. The van der Waals surface area contributed by atoms with Crippen LogP contribution < -0.4 is 0 Å². The third-order valence-corrected chi connectivity index (χ3v) is 6.57. The number of nitrogens with zero attached hydrogens (tertiary/aromatic N) is 4. The van der Waals surface area contributed by atoms with Crippen LogP contribution in [0.3, 0.4) is 0 Å². The number of pyridine rings is 3. The molecule has 0 atom stereocenters. The molecule has 0 aliphatic carbocycles. The molecule has 7 nitrogen and oxygen atoms in total. The maximum Gasteiger partial charge on any atom is 0.169 e. The van der Waals surface area contributed by atoms with Gasteiger partial charge in [-0.05, 0) is 49.4 Å². The first-order chi connectivity index (χ1) is 15.7. The van der Waals surface area contributed by atoms with Crippen LogP contribution in [0.4, 0.5) is 0 Å². The Morgan fingerprint density at radius 2 is 1.94 bits per heavy atom. The Labute approximate surface area is 186 Å². The number of ketones is 1. The summed E-state index contributed by atoms with van der Waals surface area (Å²) in [6.07, 6.45) is 5.38. The molecule has 2 N–H and O–H groups in total. The molecular formula is C24H16N6OS. The van der Waals surface area contributed by atoms with Crippen LogP contribution in [0.25, 0.3) is 55.2 Å². The van der Waals surface area contributed by atoms with Crippen LogP contribution in [0.1, 0.15) is 16.6 Å². The number of rotatable bonds is 4. The Morgan fingerprint density at radius 1 is 1.00 bits per heavy atom. The van der Waals surface area contributed by atoms with Gasteiger partial charge in [0, 0.05) is 28.2 Å². The minimum atomic E-state index is 0.0638. The second-order valence-electron chi connectivity index (χ2n) is 7.43. The van der Waals surface area contributed by atoms with Gasteiger partial charge in [-0.3, -0.25) is 19.9 Å². The molecular weight excluding hydrogens is 420 g/mol. The normalized spacial score (nSPS) is 11.4. The van der Waals surface area contributed by atoms with E-state index in [1.165, 1.54) is 11.3 Å². The van der Waals surface area contributed by atoms with Gasteiger partial charge in [-0.1, -0.05) is 6.07 Å². The van der Waals surface area contributed by atoms with Crippen molar-refractivity contribution in [2.24, 2.45) is 0 Å². The molecule has 0 amide bonds. The number of fused-ring (bicyclic) bond motifs is 2. The minimum Gasteiger partial charge on any atom is -0.352 e. The summed E-state index contributed by atoms with van der Waals surface area (Å²) in [5, 5.41) is 8.61. The summed E-state index contributed by atoms with van der Waals surface area (Å²) in [5.41, 5.74) is 6.66. The number of carbonyl (C=O) groups excluding carboxylic acids is 1. The van der Waals surface area contributed by atoms with Crippen LogP contribution >= 0.6 is 11.3 Å². The van der Waals surface area contributed by atoms with Crippen molar-refractivity contribution in [1.82, 2.24) is 30.1 Å². The van der Waals surface area contributed by atoms with Gasteiger partial charge in [0.2, 0.25) is 0 Å².